The largest absolute Gasteiger partial charge is 0.399 e. The van der Waals surface area contributed by atoms with Gasteiger partial charge in [0.1, 0.15) is 0 Å². The minimum absolute atomic E-state index is 0.261. The van der Waals surface area contributed by atoms with Crippen molar-refractivity contribution >= 4 is 11.6 Å². The summed E-state index contributed by atoms with van der Waals surface area (Å²) in [6.07, 6.45) is 0.261. The maximum absolute atomic E-state index is 10.6. The number of carbonyl (C=O) groups excluding carboxylic acids is 1. The van der Waals surface area contributed by atoms with Crippen LogP contribution < -0.4 is 11.5 Å². The zero-order valence-electron chi connectivity index (χ0n) is 7.00. The molecule has 1 amide bonds. The number of hydrogen-bond acceptors (Lipinski definition) is 2. The first-order valence-corrected chi connectivity index (χ1v) is 3.73. The van der Waals surface area contributed by atoms with Crippen LogP contribution in [0.25, 0.3) is 0 Å². The smallest absolute Gasteiger partial charge is 0.221 e. The Kier molecular flexibility index (Phi) is 2.33. The summed E-state index contributed by atoms with van der Waals surface area (Å²) in [6.45, 7) is 1.93. The lowest BCUT2D eigenvalue weighted by atomic mass is 10.0. The molecule has 3 nitrogen and oxygen atoms in total. The van der Waals surface area contributed by atoms with Gasteiger partial charge in [-0.05, 0) is 30.2 Å². The second-order valence-corrected chi connectivity index (χ2v) is 2.83. The van der Waals surface area contributed by atoms with Crippen LogP contribution in [0.5, 0.6) is 0 Å². The number of amides is 1. The zero-order valence-corrected chi connectivity index (χ0v) is 7.00. The third kappa shape index (κ3) is 1.99. The average Bonchev–Trinajstić information content (AvgIpc) is 1.96. The van der Waals surface area contributed by atoms with E-state index in [0.29, 0.717) is 5.69 Å². The van der Waals surface area contributed by atoms with Gasteiger partial charge < -0.3 is 11.5 Å². The maximum Gasteiger partial charge on any atom is 0.221 e. The van der Waals surface area contributed by atoms with E-state index in [-0.39, 0.29) is 12.3 Å². The molecule has 0 bridgehead atoms. The summed E-state index contributed by atoms with van der Waals surface area (Å²) in [5, 5.41) is 0. The Morgan fingerprint density at radius 1 is 1.50 bits per heavy atom. The third-order valence-corrected chi connectivity index (χ3v) is 1.74. The zero-order chi connectivity index (χ0) is 9.14. The van der Waals surface area contributed by atoms with Crippen molar-refractivity contribution in [2.45, 2.75) is 13.3 Å². The van der Waals surface area contributed by atoms with Crippen molar-refractivity contribution in [3.63, 3.8) is 0 Å². The second kappa shape index (κ2) is 3.26. The van der Waals surface area contributed by atoms with Gasteiger partial charge in [-0.1, -0.05) is 6.07 Å². The summed E-state index contributed by atoms with van der Waals surface area (Å²) >= 11 is 0. The fourth-order valence-corrected chi connectivity index (χ4v) is 1.07. The molecule has 0 aromatic heterocycles. The molecule has 3 heteroatoms. The van der Waals surface area contributed by atoms with E-state index < -0.39 is 0 Å². The number of carbonyl (C=O) groups is 1. The molecule has 0 heterocycles. The monoisotopic (exact) mass is 164 g/mol. The van der Waals surface area contributed by atoms with Gasteiger partial charge in [-0.2, -0.15) is 0 Å². The highest BCUT2D eigenvalue weighted by molar-refractivity contribution is 5.77. The number of primary amides is 1. The summed E-state index contributed by atoms with van der Waals surface area (Å²) in [7, 11) is 0. The van der Waals surface area contributed by atoms with E-state index in [1.165, 1.54) is 0 Å². The number of nitrogens with two attached hydrogens (primary N) is 2. The Balaban J connectivity index is 2.97. The number of anilines is 1. The Morgan fingerprint density at radius 3 is 2.75 bits per heavy atom. The van der Waals surface area contributed by atoms with E-state index in [0.717, 1.165) is 11.1 Å². The average molecular weight is 164 g/mol. The molecule has 0 aliphatic carbocycles. The van der Waals surface area contributed by atoms with Gasteiger partial charge in [-0.25, -0.2) is 0 Å². The van der Waals surface area contributed by atoms with Crippen molar-refractivity contribution in [2.75, 3.05) is 5.73 Å². The Bertz CT molecular complexity index is 307. The molecular formula is C9H12N2O. The van der Waals surface area contributed by atoms with Crippen LogP contribution in [0.2, 0.25) is 0 Å². The van der Waals surface area contributed by atoms with Crippen molar-refractivity contribution < 1.29 is 4.79 Å². The van der Waals surface area contributed by atoms with Crippen LogP contribution in [-0.2, 0) is 11.2 Å². The molecule has 1 rings (SSSR count). The topological polar surface area (TPSA) is 69.1 Å². The first kappa shape index (κ1) is 8.59. The number of hydrogen-bond donors (Lipinski definition) is 2. The quantitative estimate of drug-likeness (QED) is 0.628. The molecule has 0 unspecified atom stereocenters. The van der Waals surface area contributed by atoms with Crippen molar-refractivity contribution in [3.05, 3.63) is 29.3 Å². The predicted octanol–water partition coefficient (Wildman–Crippen LogP) is 0.605. The number of nitrogen functional groups attached to an aromatic ring is 1. The fourth-order valence-electron chi connectivity index (χ4n) is 1.07. The standard InChI is InChI=1S/C9H12N2O/c1-6-2-3-8(10)4-7(6)5-9(11)12/h2-4H,5,10H2,1H3,(H2,11,12). The highest BCUT2D eigenvalue weighted by atomic mass is 16.1. The van der Waals surface area contributed by atoms with Crippen LogP contribution in [0, 0.1) is 6.92 Å². The normalized spacial score (nSPS) is 9.75. The van der Waals surface area contributed by atoms with Gasteiger partial charge in [0.05, 0.1) is 6.42 Å². The van der Waals surface area contributed by atoms with Crippen LogP contribution in [0.3, 0.4) is 0 Å². The lowest BCUT2D eigenvalue weighted by molar-refractivity contribution is -0.117. The molecule has 0 fully saturated rings. The molecule has 64 valence electrons. The molecule has 0 saturated carbocycles. The second-order valence-electron chi connectivity index (χ2n) is 2.83. The molecule has 12 heavy (non-hydrogen) atoms. The van der Waals surface area contributed by atoms with E-state index in [1.54, 1.807) is 12.1 Å². The predicted molar refractivity (Wildman–Crippen MR) is 48.5 cm³/mol. The van der Waals surface area contributed by atoms with Gasteiger partial charge in [0, 0.05) is 5.69 Å². The Hall–Kier alpha value is -1.51. The van der Waals surface area contributed by atoms with Gasteiger partial charge >= 0.3 is 0 Å². The van der Waals surface area contributed by atoms with Gasteiger partial charge in [0.15, 0.2) is 0 Å². The van der Waals surface area contributed by atoms with Gasteiger partial charge in [-0.3, -0.25) is 4.79 Å². The summed E-state index contributed by atoms with van der Waals surface area (Å²) in [5.74, 6) is -0.330. The maximum atomic E-state index is 10.6. The van der Waals surface area contributed by atoms with Gasteiger partial charge in [0.25, 0.3) is 0 Å². The third-order valence-electron chi connectivity index (χ3n) is 1.74. The summed E-state index contributed by atoms with van der Waals surface area (Å²) in [4.78, 5) is 10.6. The first-order valence-electron chi connectivity index (χ1n) is 3.73. The number of rotatable bonds is 2. The molecule has 1 aromatic rings. The minimum Gasteiger partial charge on any atom is -0.399 e. The van der Waals surface area contributed by atoms with Crippen molar-refractivity contribution in [1.29, 1.82) is 0 Å². The highest BCUT2D eigenvalue weighted by Crippen LogP contribution is 2.12. The van der Waals surface area contributed by atoms with Gasteiger partial charge in [0.2, 0.25) is 5.91 Å². The van der Waals surface area contributed by atoms with E-state index in [9.17, 15) is 4.79 Å². The lowest BCUT2D eigenvalue weighted by Gasteiger charge is -2.03. The van der Waals surface area contributed by atoms with E-state index in [2.05, 4.69) is 0 Å². The molecule has 1 aromatic carbocycles. The van der Waals surface area contributed by atoms with Crippen molar-refractivity contribution in [3.8, 4) is 0 Å². The molecule has 0 saturated heterocycles. The summed E-state index contributed by atoms with van der Waals surface area (Å²) in [5.41, 5.74) is 13.2. The van der Waals surface area contributed by atoms with Crippen LogP contribution >= 0.6 is 0 Å². The van der Waals surface area contributed by atoms with Crippen LogP contribution in [-0.4, -0.2) is 5.91 Å². The molecule has 4 N–H and O–H groups in total. The Labute approximate surface area is 71.4 Å². The van der Waals surface area contributed by atoms with Crippen LogP contribution in [0.1, 0.15) is 11.1 Å². The molecule has 0 aliphatic rings. The lowest BCUT2D eigenvalue weighted by Crippen LogP contribution is -2.14. The highest BCUT2D eigenvalue weighted by Gasteiger charge is 2.01. The SMILES string of the molecule is Cc1ccc(N)cc1CC(N)=O. The first-order chi connectivity index (χ1) is 5.59. The van der Waals surface area contributed by atoms with Gasteiger partial charge in [-0.15, -0.1) is 0 Å². The van der Waals surface area contributed by atoms with Crippen LogP contribution in [0.15, 0.2) is 18.2 Å². The van der Waals surface area contributed by atoms with Crippen molar-refractivity contribution in [1.82, 2.24) is 0 Å². The van der Waals surface area contributed by atoms with Crippen molar-refractivity contribution in [2.24, 2.45) is 5.73 Å². The van der Waals surface area contributed by atoms with E-state index in [4.69, 9.17) is 11.5 Å². The molecule has 0 spiro atoms. The van der Waals surface area contributed by atoms with E-state index >= 15 is 0 Å². The van der Waals surface area contributed by atoms with E-state index in [1.807, 2.05) is 13.0 Å². The number of aryl methyl sites for hydroxylation is 1. The molecule has 0 aliphatic heterocycles. The van der Waals surface area contributed by atoms with Crippen LogP contribution in [0.4, 0.5) is 5.69 Å². The minimum atomic E-state index is -0.330. The molecular weight excluding hydrogens is 152 g/mol. The summed E-state index contributed by atoms with van der Waals surface area (Å²) in [6, 6.07) is 5.47. The molecule has 0 radical (unpaired) electrons. The number of benzene rings is 1. The Morgan fingerprint density at radius 2 is 2.17 bits per heavy atom. The fraction of sp³-hybridized carbons (Fsp3) is 0.222. The molecule has 0 atom stereocenters. The summed E-state index contributed by atoms with van der Waals surface area (Å²) < 4.78 is 0.